The molecule has 2 aromatic carbocycles. The molecular formula is C27H37NO2. The van der Waals surface area contributed by atoms with Crippen molar-refractivity contribution in [3.63, 3.8) is 0 Å². The second kappa shape index (κ2) is 11.9. The fourth-order valence-electron chi connectivity index (χ4n) is 4.09. The largest absolute Gasteiger partial charge is 0.459 e. The van der Waals surface area contributed by atoms with E-state index < -0.39 is 0 Å². The molecule has 0 unspecified atom stereocenters. The molecule has 1 heterocycles. The Morgan fingerprint density at radius 2 is 1.43 bits per heavy atom. The van der Waals surface area contributed by atoms with E-state index in [1.54, 1.807) is 0 Å². The third-order valence-corrected chi connectivity index (χ3v) is 6.17. The molecule has 0 amide bonds. The number of likely N-dealkylation sites (tertiary alicyclic amines) is 1. The van der Waals surface area contributed by atoms with Gasteiger partial charge in [0.1, 0.15) is 6.10 Å². The summed E-state index contributed by atoms with van der Waals surface area (Å²) < 4.78 is 5.69. The number of carbonyl (C=O) groups is 1. The SMILES string of the molecule is CCCCCCCCc1ccc(-c2ccc(C(=O)OC3CCN(C)CC3)cc2)cc1. The van der Waals surface area contributed by atoms with Crippen LogP contribution in [0.4, 0.5) is 0 Å². The molecule has 0 aromatic heterocycles. The predicted octanol–water partition coefficient (Wildman–Crippen LogP) is 6.51. The summed E-state index contributed by atoms with van der Waals surface area (Å²) in [6, 6.07) is 16.7. The monoisotopic (exact) mass is 407 g/mol. The number of hydrogen-bond acceptors (Lipinski definition) is 3. The van der Waals surface area contributed by atoms with Crippen LogP contribution in [0, 0.1) is 0 Å². The van der Waals surface area contributed by atoms with Gasteiger partial charge in [-0.2, -0.15) is 0 Å². The highest BCUT2D eigenvalue weighted by Gasteiger charge is 2.21. The average Bonchev–Trinajstić information content (AvgIpc) is 2.78. The fourth-order valence-corrected chi connectivity index (χ4v) is 4.09. The number of carbonyl (C=O) groups excluding carboxylic acids is 1. The van der Waals surface area contributed by atoms with Crippen molar-refractivity contribution in [2.75, 3.05) is 20.1 Å². The van der Waals surface area contributed by atoms with Crippen molar-refractivity contribution >= 4 is 5.97 Å². The fraction of sp³-hybridized carbons (Fsp3) is 0.519. The number of aryl methyl sites for hydroxylation is 1. The van der Waals surface area contributed by atoms with E-state index in [1.165, 1.54) is 49.7 Å². The second-order valence-corrected chi connectivity index (χ2v) is 8.70. The van der Waals surface area contributed by atoms with Crippen LogP contribution >= 0.6 is 0 Å². The first-order chi connectivity index (χ1) is 14.7. The van der Waals surface area contributed by atoms with Crippen LogP contribution in [-0.2, 0) is 11.2 Å². The van der Waals surface area contributed by atoms with Gasteiger partial charge in [0.2, 0.25) is 0 Å². The minimum absolute atomic E-state index is 0.0487. The highest BCUT2D eigenvalue weighted by atomic mass is 16.5. The van der Waals surface area contributed by atoms with Gasteiger partial charge in [-0.1, -0.05) is 75.4 Å². The molecule has 3 nitrogen and oxygen atoms in total. The van der Waals surface area contributed by atoms with E-state index in [0.717, 1.165) is 37.9 Å². The van der Waals surface area contributed by atoms with Gasteiger partial charge in [0.15, 0.2) is 0 Å². The summed E-state index contributed by atoms with van der Waals surface area (Å²) in [5.41, 5.74) is 4.37. The van der Waals surface area contributed by atoms with E-state index in [0.29, 0.717) is 5.56 Å². The van der Waals surface area contributed by atoms with Gasteiger partial charge < -0.3 is 9.64 Å². The number of ether oxygens (including phenoxy) is 1. The first-order valence-corrected chi connectivity index (χ1v) is 11.7. The van der Waals surface area contributed by atoms with Crippen LogP contribution in [-0.4, -0.2) is 37.1 Å². The topological polar surface area (TPSA) is 29.5 Å². The molecule has 30 heavy (non-hydrogen) atoms. The van der Waals surface area contributed by atoms with E-state index in [4.69, 9.17) is 4.74 Å². The third kappa shape index (κ3) is 6.98. The minimum Gasteiger partial charge on any atom is -0.459 e. The summed E-state index contributed by atoms with van der Waals surface area (Å²) in [7, 11) is 2.11. The Balaban J connectivity index is 1.47. The number of unbranched alkanes of at least 4 members (excludes halogenated alkanes) is 5. The first kappa shape index (κ1) is 22.6. The van der Waals surface area contributed by atoms with Gasteiger partial charge in [-0.25, -0.2) is 4.79 Å². The average molecular weight is 408 g/mol. The summed E-state index contributed by atoms with van der Waals surface area (Å²) in [5, 5.41) is 0. The Kier molecular flexibility index (Phi) is 8.95. The van der Waals surface area contributed by atoms with Crippen LogP contribution < -0.4 is 0 Å². The third-order valence-electron chi connectivity index (χ3n) is 6.17. The lowest BCUT2D eigenvalue weighted by Crippen LogP contribution is -2.35. The molecule has 3 rings (SSSR count). The molecule has 0 atom stereocenters. The van der Waals surface area contributed by atoms with Gasteiger partial charge in [-0.3, -0.25) is 0 Å². The van der Waals surface area contributed by atoms with E-state index in [-0.39, 0.29) is 12.1 Å². The predicted molar refractivity (Wildman–Crippen MR) is 125 cm³/mol. The van der Waals surface area contributed by atoms with E-state index in [2.05, 4.69) is 43.1 Å². The molecule has 1 saturated heterocycles. The van der Waals surface area contributed by atoms with Crippen LogP contribution in [0.1, 0.15) is 74.2 Å². The first-order valence-electron chi connectivity index (χ1n) is 11.7. The number of hydrogen-bond donors (Lipinski definition) is 0. The highest BCUT2D eigenvalue weighted by molar-refractivity contribution is 5.90. The Bertz CT molecular complexity index is 758. The van der Waals surface area contributed by atoms with Crippen molar-refractivity contribution in [2.24, 2.45) is 0 Å². The molecule has 2 aromatic rings. The van der Waals surface area contributed by atoms with Crippen molar-refractivity contribution in [3.05, 3.63) is 59.7 Å². The van der Waals surface area contributed by atoms with Crippen molar-refractivity contribution in [3.8, 4) is 11.1 Å². The standard InChI is InChI=1S/C27H37NO2/c1-3-4-5-6-7-8-9-22-10-12-23(13-11-22)24-14-16-25(17-15-24)27(29)30-26-18-20-28(2)21-19-26/h10-17,26H,3-9,18-21H2,1-2H3. The molecule has 1 aliphatic rings. The summed E-state index contributed by atoms with van der Waals surface area (Å²) in [6.07, 6.45) is 11.1. The summed E-state index contributed by atoms with van der Waals surface area (Å²) in [6.45, 7) is 4.24. The zero-order valence-electron chi connectivity index (χ0n) is 18.7. The van der Waals surface area contributed by atoms with Gasteiger partial charge >= 0.3 is 5.97 Å². The van der Waals surface area contributed by atoms with Gasteiger partial charge in [-0.15, -0.1) is 0 Å². The Labute approximate surface area is 182 Å². The normalized spacial score (nSPS) is 15.3. The second-order valence-electron chi connectivity index (χ2n) is 8.70. The maximum atomic E-state index is 12.4. The molecule has 0 aliphatic carbocycles. The Morgan fingerprint density at radius 3 is 2.07 bits per heavy atom. The molecule has 3 heteroatoms. The molecule has 0 N–H and O–H groups in total. The molecule has 0 radical (unpaired) electrons. The number of piperidine rings is 1. The zero-order chi connectivity index (χ0) is 21.2. The molecule has 0 saturated carbocycles. The maximum absolute atomic E-state index is 12.4. The molecule has 1 aliphatic heterocycles. The lowest BCUT2D eigenvalue weighted by Gasteiger charge is -2.28. The summed E-state index contributed by atoms with van der Waals surface area (Å²) >= 11 is 0. The van der Waals surface area contributed by atoms with Crippen LogP contribution in [0.2, 0.25) is 0 Å². The molecule has 0 spiro atoms. The van der Waals surface area contributed by atoms with Crippen LogP contribution in [0.15, 0.2) is 48.5 Å². The Hall–Kier alpha value is -2.13. The van der Waals surface area contributed by atoms with Gasteiger partial charge in [0.25, 0.3) is 0 Å². The van der Waals surface area contributed by atoms with Gasteiger partial charge in [-0.05, 0) is 61.6 Å². The van der Waals surface area contributed by atoms with Crippen LogP contribution in [0.5, 0.6) is 0 Å². The van der Waals surface area contributed by atoms with E-state index in [9.17, 15) is 4.79 Å². The highest BCUT2D eigenvalue weighted by Crippen LogP contribution is 2.22. The molecule has 0 bridgehead atoms. The van der Waals surface area contributed by atoms with Crippen molar-refractivity contribution in [1.29, 1.82) is 0 Å². The molecule has 162 valence electrons. The maximum Gasteiger partial charge on any atom is 0.338 e. The lowest BCUT2D eigenvalue weighted by atomic mass is 10.00. The molecule has 1 fully saturated rings. The van der Waals surface area contributed by atoms with Crippen LogP contribution in [0.3, 0.4) is 0 Å². The minimum atomic E-state index is -0.203. The van der Waals surface area contributed by atoms with Crippen molar-refractivity contribution in [2.45, 2.75) is 70.8 Å². The van der Waals surface area contributed by atoms with Gasteiger partial charge in [0, 0.05) is 13.1 Å². The van der Waals surface area contributed by atoms with E-state index >= 15 is 0 Å². The quantitative estimate of drug-likeness (QED) is 0.332. The summed E-state index contributed by atoms with van der Waals surface area (Å²) in [4.78, 5) is 14.7. The Morgan fingerprint density at radius 1 is 0.867 bits per heavy atom. The lowest BCUT2D eigenvalue weighted by molar-refractivity contribution is 0.0139. The van der Waals surface area contributed by atoms with Crippen molar-refractivity contribution in [1.82, 2.24) is 4.90 Å². The van der Waals surface area contributed by atoms with Gasteiger partial charge in [0.05, 0.1) is 5.56 Å². The summed E-state index contributed by atoms with van der Waals surface area (Å²) in [5.74, 6) is -0.203. The number of nitrogens with zero attached hydrogens (tertiary/aromatic N) is 1. The smallest absolute Gasteiger partial charge is 0.338 e. The number of esters is 1. The number of benzene rings is 2. The van der Waals surface area contributed by atoms with Crippen molar-refractivity contribution < 1.29 is 9.53 Å². The van der Waals surface area contributed by atoms with Crippen LogP contribution in [0.25, 0.3) is 11.1 Å². The van der Waals surface area contributed by atoms with E-state index in [1.807, 2.05) is 24.3 Å². The molecular weight excluding hydrogens is 370 g/mol. The number of rotatable bonds is 10. The zero-order valence-corrected chi connectivity index (χ0v) is 18.7.